The SMILES string of the molecule is C=C(/C=C\C=C/C)/C(C)=C/C(C)=C\C(=C)c1ccccn1. The van der Waals surface area contributed by atoms with Gasteiger partial charge in [-0.05, 0) is 49.6 Å². The zero-order valence-electron chi connectivity index (χ0n) is 13.1. The number of rotatable bonds is 6. The zero-order chi connectivity index (χ0) is 15.7. The van der Waals surface area contributed by atoms with Gasteiger partial charge in [-0.3, -0.25) is 4.98 Å². The molecule has 0 bridgehead atoms. The average molecular weight is 277 g/mol. The summed E-state index contributed by atoms with van der Waals surface area (Å²) in [5.74, 6) is 0. The van der Waals surface area contributed by atoms with Crippen LogP contribution >= 0.6 is 0 Å². The number of aromatic nitrogens is 1. The first-order chi connectivity index (χ1) is 10.0. The quantitative estimate of drug-likeness (QED) is 0.610. The van der Waals surface area contributed by atoms with E-state index in [1.807, 2.05) is 55.5 Å². The average Bonchev–Trinajstić information content (AvgIpc) is 2.48. The van der Waals surface area contributed by atoms with Gasteiger partial charge in [0.15, 0.2) is 0 Å². The number of hydrogen-bond donors (Lipinski definition) is 0. The van der Waals surface area contributed by atoms with Gasteiger partial charge < -0.3 is 0 Å². The molecule has 0 aliphatic heterocycles. The summed E-state index contributed by atoms with van der Waals surface area (Å²) in [5, 5.41) is 0. The minimum Gasteiger partial charge on any atom is -0.256 e. The van der Waals surface area contributed by atoms with Crippen LogP contribution in [-0.2, 0) is 0 Å². The van der Waals surface area contributed by atoms with Crippen molar-refractivity contribution >= 4 is 5.57 Å². The molecule has 0 spiro atoms. The van der Waals surface area contributed by atoms with Crippen molar-refractivity contribution in [1.29, 1.82) is 0 Å². The van der Waals surface area contributed by atoms with Crippen LogP contribution in [-0.4, -0.2) is 4.98 Å². The first-order valence-corrected chi connectivity index (χ1v) is 7.00. The topological polar surface area (TPSA) is 12.9 Å². The molecule has 0 radical (unpaired) electrons. The van der Waals surface area contributed by atoms with Crippen molar-refractivity contribution in [2.45, 2.75) is 20.8 Å². The Labute approximate surface area is 128 Å². The Hall–Kier alpha value is -2.41. The lowest BCUT2D eigenvalue weighted by Gasteiger charge is -2.03. The molecule has 1 rings (SSSR count). The summed E-state index contributed by atoms with van der Waals surface area (Å²) in [6, 6.07) is 5.82. The highest BCUT2D eigenvalue weighted by Gasteiger charge is 1.97. The van der Waals surface area contributed by atoms with Crippen LogP contribution in [0.15, 0.2) is 90.7 Å². The van der Waals surface area contributed by atoms with Crippen molar-refractivity contribution in [1.82, 2.24) is 4.98 Å². The molecule has 0 unspecified atom stereocenters. The van der Waals surface area contributed by atoms with E-state index in [1.54, 1.807) is 6.20 Å². The second-order valence-electron chi connectivity index (χ2n) is 4.87. The van der Waals surface area contributed by atoms with Crippen LogP contribution in [0.4, 0.5) is 0 Å². The summed E-state index contributed by atoms with van der Waals surface area (Å²) >= 11 is 0. The first kappa shape index (κ1) is 16.6. The Morgan fingerprint density at radius 3 is 2.48 bits per heavy atom. The number of nitrogens with zero attached hydrogens (tertiary/aromatic N) is 1. The summed E-state index contributed by atoms with van der Waals surface area (Å²) in [4.78, 5) is 4.29. The van der Waals surface area contributed by atoms with Gasteiger partial charge in [0.1, 0.15) is 0 Å². The van der Waals surface area contributed by atoms with E-state index >= 15 is 0 Å². The predicted octanol–water partition coefficient (Wildman–Crippen LogP) is 5.68. The Balaban J connectivity index is 2.81. The van der Waals surface area contributed by atoms with Gasteiger partial charge in [-0.1, -0.05) is 61.3 Å². The van der Waals surface area contributed by atoms with Crippen LogP contribution in [0.1, 0.15) is 26.5 Å². The van der Waals surface area contributed by atoms with Crippen LogP contribution in [0.3, 0.4) is 0 Å². The molecule has 21 heavy (non-hydrogen) atoms. The highest BCUT2D eigenvalue weighted by molar-refractivity contribution is 5.70. The molecule has 1 heteroatoms. The van der Waals surface area contributed by atoms with Crippen LogP contribution < -0.4 is 0 Å². The maximum Gasteiger partial charge on any atom is 0.0696 e. The molecule has 0 saturated carbocycles. The summed E-state index contributed by atoms with van der Waals surface area (Å²) in [5.41, 5.74) is 5.08. The van der Waals surface area contributed by atoms with Crippen molar-refractivity contribution in [3.05, 3.63) is 96.4 Å². The van der Waals surface area contributed by atoms with Crippen LogP contribution in [0.5, 0.6) is 0 Å². The first-order valence-electron chi connectivity index (χ1n) is 7.00. The molecule has 1 heterocycles. The van der Waals surface area contributed by atoms with E-state index in [-0.39, 0.29) is 0 Å². The smallest absolute Gasteiger partial charge is 0.0696 e. The van der Waals surface area contributed by atoms with E-state index in [0.29, 0.717) is 0 Å². The van der Waals surface area contributed by atoms with Crippen LogP contribution in [0.2, 0.25) is 0 Å². The van der Waals surface area contributed by atoms with E-state index in [1.165, 1.54) is 0 Å². The van der Waals surface area contributed by atoms with Crippen LogP contribution in [0.25, 0.3) is 5.57 Å². The maximum atomic E-state index is 4.29. The molecule has 1 aromatic rings. The predicted molar refractivity (Wildman–Crippen MR) is 93.9 cm³/mol. The van der Waals surface area contributed by atoms with E-state index in [0.717, 1.165) is 28.0 Å². The third kappa shape index (κ3) is 6.05. The Morgan fingerprint density at radius 2 is 1.86 bits per heavy atom. The summed E-state index contributed by atoms with van der Waals surface area (Å²) in [7, 11) is 0. The highest BCUT2D eigenvalue weighted by atomic mass is 14.7. The monoisotopic (exact) mass is 277 g/mol. The Bertz CT molecular complexity index is 610. The van der Waals surface area contributed by atoms with E-state index < -0.39 is 0 Å². The lowest BCUT2D eigenvalue weighted by molar-refractivity contribution is 1.28. The second kappa shape index (κ2) is 8.70. The molecule has 0 amide bonds. The number of pyridine rings is 1. The maximum absolute atomic E-state index is 4.29. The van der Waals surface area contributed by atoms with Crippen molar-refractivity contribution in [2.75, 3.05) is 0 Å². The van der Waals surface area contributed by atoms with Crippen molar-refractivity contribution in [2.24, 2.45) is 0 Å². The minimum atomic E-state index is 0.898. The van der Waals surface area contributed by atoms with Gasteiger partial charge in [0.2, 0.25) is 0 Å². The fourth-order valence-electron chi connectivity index (χ4n) is 1.79. The largest absolute Gasteiger partial charge is 0.256 e. The summed E-state index contributed by atoms with van der Waals surface area (Å²) in [6.07, 6.45) is 13.9. The number of allylic oxidation sites excluding steroid dienone is 10. The second-order valence-corrected chi connectivity index (χ2v) is 4.87. The van der Waals surface area contributed by atoms with Crippen LogP contribution in [0, 0.1) is 0 Å². The molecule has 0 N–H and O–H groups in total. The standard InChI is InChI=1S/C20H23N/c1-6-7-8-11-17(3)18(4)14-16(2)15-19(5)20-12-9-10-13-21-20/h6-15H,3,5H2,1-2,4H3/b7-6-,11-8-,16-15-,18-14+. The number of hydrogen-bond acceptors (Lipinski definition) is 1. The molecule has 0 aromatic carbocycles. The highest BCUT2D eigenvalue weighted by Crippen LogP contribution is 2.16. The molecule has 0 aliphatic carbocycles. The normalized spacial score (nSPS) is 13.1. The van der Waals surface area contributed by atoms with Gasteiger partial charge >= 0.3 is 0 Å². The van der Waals surface area contributed by atoms with Crippen molar-refractivity contribution in [3.63, 3.8) is 0 Å². The third-order valence-electron chi connectivity index (χ3n) is 2.95. The van der Waals surface area contributed by atoms with Gasteiger partial charge in [0.05, 0.1) is 5.69 Å². The fourth-order valence-corrected chi connectivity index (χ4v) is 1.79. The molecule has 0 atom stereocenters. The molecular weight excluding hydrogens is 254 g/mol. The Morgan fingerprint density at radius 1 is 1.10 bits per heavy atom. The molecule has 1 nitrogen and oxygen atoms in total. The van der Waals surface area contributed by atoms with E-state index in [2.05, 4.69) is 38.1 Å². The minimum absolute atomic E-state index is 0.898. The third-order valence-corrected chi connectivity index (χ3v) is 2.95. The summed E-state index contributed by atoms with van der Waals surface area (Å²) in [6.45, 7) is 14.2. The fraction of sp³-hybridized carbons (Fsp3) is 0.150. The molecule has 1 aromatic heterocycles. The summed E-state index contributed by atoms with van der Waals surface area (Å²) < 4.78 is 0. The molecule has 0 saturated heterocycles. The Kier molecular flexibility index (Phi) is 6.90. The van der Waals surface area contributed by atoms with Gasteiger partial charge in [-0.2, -0.15) is 0 Å². The zero-order valence-corrected chi connectivity index (χ0v) is 13.1. The van der Waals surface area contributed by atoms with Gasteiger partial charge in [-0.25, -0.2) is 0 Å². The van der Waals surface area contributed by atoms with Gasteiger partial charge in [-0.15, -0.1) is 0 Å². The van der Waals surface area contributed by atoms with Crippen molar-refractivity contribution in [3.8, 4) is 0 Å². The molecule has 0 aliphatic rings. The van der Waals surface area contributed by atoms with E-state index in [4.69, 9.17) is 0 Å². The molecular formula is C20H23N. The molecule has 0 fully saturated rings. The lowest BCUT2D eigenvalue weighted by atomic mass is 10.0. The lowest BCUT2D eigenvalue weighted by Crippen LogP contribution is -1.85. The van der Waals surface area contributed by atoms with E-state index in [9.17, 15) is 0 Å². The molecule has 108 valence electrons. The van der Waals surface area contributed by atoms with Gasteiger partial charge in [0.25, 0.3) is 0 Å². The van der Waals surface area contributed by atoms with Crippen molar-refractivity contribution < 1.29 is 0 Å². The van der Waals surface area contributed by atoms with Gasteiger partial charge in [0, 0.05) is 6.20 Å².